The van der Waals surface area contributed by atoms with E-state index in [9.17, 15) is 4.79 Å². The Morgan fingerprint density at radius 1 is 1.00 bits per heavy atom. The Labute approximate surface area is 156 Å². The summed E-state index contributed by atoms with van der Waals surface area (Å²) in [4.78, 5) is 12.8. The van der Waals surface area contributed by atoms with E-state index in [4.69, 9.17) is 0 Å². The van der Waals surface area contributed by atoms with E-state index in [1.807, 2.05) is 41.2 Å². The first-order valence-electron chi connectivity index (χ1n) is 8.68. The van der Waals surface area contributed by atoms with Crippen LogP contribution in [0.4, 0.5) is 10.5 Å². The van der Waals surface area contributed by atoms with Crippen molar-refractivity contribution in [1.82, 2.24) is 4.57 Å². The van der Waals surface area contributed by atoms with Gasteiger partial charge < -0.3 is 5.32 Å². The molecule has 0 unspecified atom stereocenters. The van der Waals surface area contributed by atoms with Crippen LogP contribution < -0.4 is 5.32 Å². The van der Waals surface area contributed by atoms with Crippen LogP contribution in [0.5, 0.6) is 0 Å². The van der Waals surface area contributed by atoms with Crippen LogP contribution in [-0.4, -0.2) is 10.6 Å². The van der Waals surface area contributed by atoms with Crippen LogP contribution in [0.25, 0.3) is 22.0 Å². The van der Waals surface area contributed by atoms with Gasteiger partial charge in [-0.1, -0.05) is 56.3 Å². The molecular weight excluding hydrogens is 340 g/mol. The third-order valence-corrected chi connectivity index (χ3v) is 5.26. The van der Waals surface area contributed by atoms with E-state index in [-0.39, 0.29) is 6.03 Å². The van der Waals surface area contributed by atoms with Crippen LogP contribution in [-0.2, 0) is 0 Å². The maximum absolute atomic E-state index is 12.8. The Hall–Kier alpha value is -2.85. The summed E-state index contributed by atoms with van der Waals surface area (Å²) in [6, 6.07) is 18.2. The number of benzene rings is 2. The molecule has 0 aliphatic carbocycles. The Kier molecular flexibility index (Phi) is 4.35. The minimum Gasteiger partial charge on any atom is -0.306 e. The number of anilines is 1. The molecule has 0 radical (unpaired) electrons. The number of fused-ring (bicyclic) bond motifs is 1. The van der Waals surface area contributed by atoms with Gasteiger partial charge in [0.2, 0.25) is 0 Å². The lowest BCUT2D eigenvalue weighted by Gasteiger charge is -2.11. The second-order valence-electron chi connectivity index (χ2n) is 6.61. The number of hydrogen-bond donors (Lipinski definition) is 1. The molecule has 26 heavy (non-hydrogen) atoms. The van der Waals surface area contributed by atoms with Gasteiger partial charge in [0.05, 0.1) is 11.2 Å². The third kappa shape index (κ3) is 2.93. The summed E-state index contributed by atoms with van der Waals surface area (Å²) in [6.45, 7) is 4.39. The van der Waals surface area contributed by atoms with Gasteiger partial charge in [0.1, 0.15) is 0 Å². The van der Waals surface area contributed by atoms with Crippen molar-refractivity contribution in [2.24, 2.45) is 0 Å². The summed E-state index contributed by atoms with van der Waals surface area (Å²) < 4.78 is 1.71. The number of thiophene rings is 1. The van der Waals surface area contributed by atoms with Gasteiger partial charge >= 0.3 is 6.03 Å². The van der Waals surface area contributed by atoms with Crippen molar-refractivity contribution in [3.63, 3.8) is 0 Å². The first-order valence-corrected chi connectivity index (χ1v) is 9.62. The molecule has 0 fully saturated rings. The zero-order valence-corrected chi connectivity index (χ0v) is 15.6. The van der Waals surface area contributed by atoms with Crippen molar-refractivity contribution in [3.8, 4) is 11.1 Å². The van der Waals surface area contributed by atoms with Crippen molar-refractivity contribution in [2.75, 3.05) is 5.32 Å². The number of amides is 1. The van der Waals surface area contributed by atoms with E-state index in [0.29, 0.717) is 5.92 Å². The van der Waals surface area contributed by atoms with Gasteiger partial charge in [0.15, 0.2) is 0 Å². The number of aromatic nitrogens is 1. The zero-order chi connectivity index (χ0) is 18.1. The van der Waals surface area contributed by atoms with E-state index in [0.717, 1.165) is 22.2 Å². The molecule has 0 bridgehead atoms. The Bertz CT molecular complexity index is 1060. The summed E-state index contributed by atoms with van der Waals surface area (Å²) >= 11 is 1.56. The number of carbonyl (C=O) groups is 1. The highest BCUT2D eigenvalue weighted by Gasteiger charge is 2.17. The van der Waals surface area contributed by atoms with Crippen LogP contribution in [0.2, 0.25) is 0 Å². The predicted molar refractivity (Wildman–Crippen MR) is 110 cm³/mol. The Balaban J connectivity index is 1.86. The van der Waals surface area contributed by atoms with Crippen LogP contribution >= 0.6 is 11.3 Å². The average Bonchev–Trinajstić information content (AvgIpc) is 3.29. The van der Waals surface area contributed by atoms with Gasteiger partial charge in [-0.2, -0.15) is 11.3 Å². The maximum Gasteiger partial charge on any atom is 0.330 e. The van der Waals surface area contributed by atoms with Crippen molar-refractivity contribution >= 4 is 34.0 Å². The Morgan fingerprint density at radius 2 is 1.77 bits per heavy atom. The number of nitrogens with zero attached hydrogens (tertiary/aromatic N) is 1. The molecule has 2 heterocycles. The van der Waals surface area contributed by atoms with E-state index >= 15 is 0 Å². The van der Waals surface area contributed by atoms with Crippen LogP contribution in [0.1, 0.15) is 25.3 Å². The summed E-state index contributed by atoms with van der Waals surface area (Å²) in [6.07, 6.45) is 1.95. The molecule has 1 amide bonds. The highest BCUT2D eigenvalue weighted by Crippen LogP contribution is 2.35. The minimum absolute atomic E-state index is 0.145. The molecule has 0 atom stereocenters. The first-order chi connectivity index (χ1) is 12.6. The molecule has 3 nitrogen and oxygen atoms in total. The fourth-order valence-corrected chi connectivity index (χ4v) is 3.92. The first kappa shape index (κ1) is 16.6. The second kappa shape index (κ2) is 6.81. The molecule has 4 heteroatoms. The molecule has 1 N–H and O–H groups in total. The van der Waals surface area contributed by atoms with Gasteiger partial charge in [0, 0.05) is 22.5 Å². The predicted octanol–water partition coefficient (Wildman–Crippen LogP) is 6.57. The van der Waals surface area contributed by atoms with E-state index < -0.39 is 0 Å². The molecule has 130 valence electrons. The van der Waals surface area contributed by atoms with E-state index in [1.165, 1.54) is 11.1 Å². The lowest BCUT2D eigenvalue weighted by atomic mass is 9.92. The lowest BCUT2D eigenvalue weighted by Crippen LogP contribution is -2.17. The highest BCUT2D eigenvalue weighted by molar-refractivity contribution is 7.08. The smallest absolute Gasteiger partial charge is 0.306 e. The molecule has 0 spiro atoms. The minimum atomic E-state index is -0.145. The molecule has 0 saturated heterocycles. The monoisotopic (exact) mass is 360 g/mol. The van der Waals surface area contributed by atoms with Crippen LogP contribution in [0.3, 0.4) is 0 Å². The number of para-hydroxylation sites is 1. The van der Waals surface area contributed by atoms with Gasteiger partial charge in [-0.15, -0.1) is 0 Å². The van der Waals surface area contributed by atoms with Gasteiger partial charge in [-0.05, 0) is 34.6 Å². The van der Waals surface area contributed by atoms with Gasteiger partial charge in [-0.25, -0.2) is 4.79 Å². The molecular formula is C22H20N2OS. The standard InChI is InChI=1S/C22H20N2OS/c1-15(2)17-7-3-4-8-18(17)20-13-24(21-10-6-5-9-19(20)21)22(25)23-16-11-12-26-14-16/h3-15H,1-2H3,(H,23,25). The summed E-state index contributed by atoms with van der Waals surface area (Å²) in [5.41, 5.74) is 5.29. The molecule has 2 aromatic heterocycles. The SMILES string of the molecule is CC(C)c1ccccc1-c1cn(C(=O)Nc2ccsc2)c2ccccc12. The Morgan fingerprint density at radius 3 is 2.54 bits per heavy atom. The quantitative estimate of drug-likeness (QED) is 0.440. The lowest BCUT2D eigenvalue weighted by molar-refractivity contribution is 0.254. The highest BCUT2D eigenvalue weighted by atomic mass is 32.1. The normalized spacial score (nSPS) is 11.2. The van der Waals surface area contributed by atoms with Crippen molar-refractivity contribution < 1.29 is 4.79 Å². The fraction of sp³-hybridized carbons (Fsp3) is 0.136. The van der Waals surface area contributed by atoms with Crippen molar-refractivity contribution in [2.45, 2.75) is 19.8 Å². The van der Waals surface area contributed by atoms with Gasteiger partial charge in [0.25, 0.3) is 0 Å². The number of nitrogens with one attached hydrogen (secondary N) is 1. The summed E-state index contributed by atoms with van der Waals surface area (Å²) in [5, 5.41) is 7.93. The average molecular weight is 360 g/mol. The van der Waals surface area contributed by atoms with Crippen molar-refractivity contribution in [1.29, 1.82) is 0 Å². The van der Waals surface area contributed by atoms with Crippen LogP contribution in [0.15, 0.2) is 71.6 Å². The zero-order valence-electron chi connectivity index (χ0n) is 14.8. The van der Waals surface area contributed by atoms with E-state index in [2.05, 4.69) is 49.5 Å². The molecule has 4 rings (SSSR count). The molecule has 0 aliphatic heterocycles. The maximum atomic E-state index is 12.8. The molecule has 0 aliphatic rings. The number of carbonyl (C=O) groups excluding carboxylic acids is 1. The van der Waals surface area contributed by atoms with Gasteiger partial charge in [-0.3, -0.25) is 4.57 Å². The van der Waals surface area contributed by atoms with E-state index in [1.54, 1.807) is 15.9 Å². The third-order valence-electron chi connectivity index (χ3n) is 4.58. The molecule has 0 saturated carbocycles. The topological polar surface area (TPSA) is 34.0 Å². The molecule has 2 aromatic carbocycles. The summed E-state index contributed by atoms with van der Waals surface area (Å²) in [5.74, 6) is 0.410. The fourth-order valence-electron chi connectivity index (χ4n) is 3.33. The largest absolute Gasteiger partial charge is 0.330 e. The van der Waals surface area contributed by atoms with Crippen molar-refractivity contribution in [3.05, 3.63) is 77.1 Å². The number of hydrogen-bond acceptors (Lipinski definition) is 2. The number of rotatable bonds is 3. The summed E-state index contributed by atoms with van der Waals surface area (Å²) in [7, 11) is 0. The molecule has 4 aromatic rings. The second-order valence-corrected chi connectivity index (χ2v) is 7.39. The van der Waals surface area contributed by atoms with Crippen LogP contribution in [0, 0.1) is 0 Å².